The largest absolute Gasteiger partial charge is 0.356 e. The van der Waals surface area contributed by atoms with Gasteiger partial charge in [0.05, 0.1) is 0 Å². The van der Waals surface area contributed by atoms with Crippen LogP contribution >= 0.6 is 15.9 Å². The number of hydrogen-bond donors (Lipinski definition) is 0. The van der Waals surface area contributed by atoms with E-state index >= 15 is 0 Å². The Morgan fingerprint density at radius 2 is 2.05 bits per heavy atom. The lowest BCUT2D eigenvalue weighted by molar-refractivity contribution is 0.852. The van der Waals surface area contributed by atoms with Crippen molar-refractivity contribution in [3.63, 3.8) is 0 Å². The first-order chi connectivity index (χ1) is 9.74. The summed E-state index contributed by atoms with van der Waals surface area (Å²) < 4.78 is 2.77. The van der Waals surface area contributed by atoms with Gasteiger partial charge in [0.1, 0.15) is 4.60 Å². The molecular formula is C14H14BrN5. The molecule has 3 rings (SSSR count). The van der Waals surface area contributed by atoms with E-state index in [9.17, 15) is 0 Å². The molecule has 6 heteroatoms. The molecule has 0 atom stereocenters. The van der Waals surface area contributed by atoms with E-state index in [1.807, 2.05) is 48.4 Å². The third kappa shape index (κ3) is 2.65. The number of rotatable bonds is 4. The van der Waals surface area contributed by atoms with Gasteiger partial charge in [-0.05, 0) is 40.0 Å². The lowest BCUT2D eigenvalue weighted by Gasteiger charge is -2.18. The molecular weight excluding hydrogens is 318 g/mol. The quantitative estimate of drug-likeness (QED) is 0.737. The molecule has 20 heavy (non-hydrogen) atoms. The Balaban J connectivity index is 1.82. The van der Waals surface area contributed by atoms with Crippen molar-refractivity contribution in [1.82, 2.24) is 19.4 Å². The average molecular weight is 332 g/mol. The van der Waals surface area contributed by atoms with Crippen molar-refractivity contribution in [2.24, 2.45) is 0 Å². The second kappa shape index (κ2) is 5.58. The Morgan fingerprint density at radius 3 is 2.85 bits per heavy atom. The van der Waals surface area contributed by atoms with Crippen LogP contribution in [0.15, 0.2) is 47.7 Å². The maximum Gasteiger partial charge on any atom is 0.180 e. The predicted octanol–water partition coefficient (Wildman–Crippen LogP) is 2.57. The van der Waals surface area contributed by atoms with Gasteiger partial charge in [0.2, 0.25) is 0 Å². The molecule has 0 spiro atoms. The molecule has 0 saturated carbocycles. The highest BCUT2D eigenvalue weighted by Crippen LogP contribution is 2.20. The van der Waals surface area contributed by atoms with Crippen LogP contribution in [0.3, 0.4) is 0 Å². The molecule has 3 aromatic rings. The molecule has 0 bridgehead atoms. The van der Waals surface area contributed by atoms with Crippen molar-refractivity contribution in [2.45, 2.75) is 6.42 Å². The Morgan fingerprint density at radius 1 is 1.25 bits per heavy atom. The molecule has 0 amide bonds. The molecule has 5 nitrogen and oxygen atoms in total. The van der Waals surface area contributed by atoms with Crippen LogP contribution in [0.4, 0.5) is 5.82 Å². The SMILES string of the molecule is CN(CCc1ccncc1)c1nc(Br)cn2ccnc12. The van der Waals surface area contributed by atoms with Gasteiger partial charge in [-0.2, -0.15) is 0 Å². The van der Waals surface area contributed by atoms with Crippen molar-refractivity contribution in [3.8, 4) is 0 Å². The van der Waals surface area contributed by atoms with Gasteiger partial charge in [-0.1, -0.05) is 0 Å². The lowest BCUT2D eigenvalue weighted by atomic mass is 10.2. The van der Waals surface area contributed by atoms with Gasteiger partial charge in [0, 0.05) is 44.6 Å². The molecule has 3 heterocycles. The zero-order valence-corrected chi connectivity index (χ0v) is 12.7. The van der Waals surface area contributed by atoms with Crippen molar-refractivity contribution in [1.29, 1.82) is 0 Å². The molecule has 0 aliphatic carbocycles. The number of imidazole rings is 1. The van der Waals surface area contributed by atoms with E-state index in [4.69, 9.17) is 0 Å². The first-order valence-electron chi connectivity index (χ1n) is 6.33. The van der Waals surface area contributed by atoms with Crippen LogP contribution in [-0.4, -0.2) is 32.9 Å². The predicted molar refractivity (Wildman–Crippen MR) is 81.9 cm³/mol. The minimum Gasteiger partial charge on any atom is -0.356 e. The monoisotopic (exact) mass is 331 g/mol. The second-order valence-electron chi connectivity index (χ2n) is 4.57. The zero-order valence-electron chi connectivity index (χ0n) is 11.1. The summed E-state index contributed by atoms with van der Waals surface area (Å²) in [6.07, 6.45) is 10.2. The molecule has 0 aliphatic rings. The normalized spacial score (nSPS) is 10.9. The summed E-state index contributed by atoms with van der Waals surface area (Å²) >= 11 is 3.44. The molecule has 102 valence electrons. The van der Waals surface area contributed by atoms with Crippen LogP contribution < -0.4 is 4.90 Å². The highest BCUT2D eigenvalue weighted by atomic mass is 79.9. The average Bonchev–Trinajstić information content (AvgIpc) is 2.93. The van der Waals surface area contributed by atoms with Gasteiger partial charge in [-0.3, -0.25) is 4.98 Å². The van der Waals surface area contributed by atoms with E-state index < -0.39 is 0 Å². The number of pyridine rings is 1. The number of hydrogen-bond acceptors (Lipinski definition) is 4. The van der Waals surface area contributed by atoms with E-state index in [0.717, 1.165) is 29.0 Å². The molecule has 0 radical (unpaired) electrons. The van der Waals surface area contributed by atoms with Crippen LogP contribution in [0, 0.1) is 0 Å². The van der Waals surface area contributed by atoms with Gasteiger partial charge in [-0.15, -0.1) is 0 Å². The van der Waals surface area contributed by atoms with Crippen molar-refractivity contribution in [2.75, 3.05) is 18.5 Å². The topological polar surface area (TPSA) is 46.3 Å². The third-order valence-electron chi connectivity index (χ3n) is 3.17. The minimum atomic E-state index is 0.800. The second-order valence-corrected chi connectivity index (χ2v) is 5.38. The fraction of sp³-hybridized carbons (Fsp3) is 0.214. The smallest absolute Gasteiger partial charge is 0.180 e. The maximum atomic E-state index is 4.53. The summed E-state index contributed by atoms with van der Waals surface area (Å²) in [5.74, 6) is 0.874. The Bertz CT molecular complexity index is 710. The standard InChI is InChI=1S/C14H14BrN5/c1-19(8-4-11-2-5-16-6-3-11)14-13-17-7-9-20(13)10-12(15)18-14/h2-3,5-7,9-10H,4,8H2,1H3. The number of halogens is 1. The maximum absolute atomic E-state index is 4.53. The first kappa shape index (κ1) is 13.1. The van der Waals surface area contributed by atoms with Gasteiger partial charge in [0.25, 0.3) is 0 Å². The highest BCUT2D eigenvalue weighted by molar-refractivity contribution is 9.10. The molecule has 0 fully saturated rings. The van der Waals surface area contributed by atoms with E-state index in [2.05, 4.69) is 35.8 Å². The number of aromatic nitrogens is 4. The molecule has 0 unspecified atom stereocenters. The minimum absolute atomic E-state index is 0.800. The summed E-state index contributed by atoms with van der Waals surface area (Å²) in [6, 6.07) is 4.07. The van der Waals surface area contributed by atoms with Gasteiger partial charge < -0.3 is 9.30 Å². The van der Waals surface area contributed by atoms with Crippen LogP contribution in [0.1, 0.15) is 5.56 Å². The Hall–Kier alpha value is -1.95. The van der Waals surface area contributed by atoms with E-state index in [-0.39, 0.29) is 0 Å². The zero-order chi connectivity index (χ0) is 13.9. The first-order valence-corrected chi connectivity index (χ1v) is 7.12. The van der Waals surface area contributed by atoms with Crippen LogP contribution in [-0.2, 0) is 6.42 Å². The summed E-state index contributed by atoms with van der Waals surface area (Å²) in [7, 11) is 2.03. The number of anilines is 1. The number of fused-ring (bicyclic) bond motifs is 1. The molecule has 0 aliphatic heterocycles. The summed E-state index contributed by atoms with van der Waals surface area (Å²) in [5, 5.41) is 0. The van der Waals surface area contributed by atoms with Gasteiger partial charge in [0.15, 0.2) is 11.5 Å². The van der Waals surface area contributed by atoms with Crippen molar-refractivity contribution in [3.05, 3.63) is 53.3 Å². The summed E-state index contributed by atoms with van der Waals surface area (Å²) in [5.41, 5.74) is 2.13. The summed E-state index contributed by atoms with van der Waals surface area (Å²) in [6.45, 7) is 0.871. The van der Waals surface area contributed by atoms with Crippen molar-refractivity contribution >= 4 is 27.4 Å². The van der Waals surface area contributed by atoms with Gasteiger partial charge in [-0.25, -0.2) is 9.97 Å². The van der Waals surface area contributed by atoms with Gasteiger partial charge >= 0.3 is 0 Å². The number of likely N-dealkylation sites (N-methyl/N-ethyl adjacent to an activating group) is 1. The lowest BCUT2D eigenvalue weighted by Crippen LogP contribution is -2.22. The van der Waals surface area contributed by atoms with E-state index in [1.54, 1.807) is 6.20 Å². The summed E-state index contributed by atoms with van der Waals surface area (Å²) in [4.78, 5) is 15.0. The van der Waals surface area contributed by atoms with Crippen LogP contribution in [0.25, 0.3) is 5.65 Å². The molecule has 0 N–H and O–H groups in total. The fourth-order valence-electron chi connectivity index (χ4n) is 2.09. The number of nitrogens with zero attached hydrogens (tertiary/aromatic N) is 5. The molecule has 3 aromatic heterocycles. The van der Waals surface area contributed by atoms with E-state index in [1.165, 1.54) is 5.56 Å². The molecule has 0 aromatic carbocycles. The Labute approximate surface area is 125 Å². The third-order valence-corrected chi connectivity index (χ3v) is 3.56. The van der Waals surface area contributed by atoms with Crippen molar-refractivity contribution < 1.29 is 0 Å². The van der Waals surface area contributed by atoms with Crippen LogP contribution in [0.2, 0.25) is 0 Å². The van der Waals surface area contributed by atoms with Crippen LogP contribution in [0.5, 0.6) is 0 Å². The highest BCUT2D eigenvalue weighted by Gasteiger charge is 2.11. The fourth-order valence-corrected chi connectivity index (χ4v) is 2.48. The Kier molecular flexibility index (Phi) is 3.64. The molecule has 0 saturated heterocycles. The van der Waals surface area contributed by atoms with E-state index in [0.29, 0.717) is 0 Å².